The standard InChI is InChI=1S/C32H19ClN2O/c33-28-18-29(27-8-4-7-26(17-27)24-11-9-21(20-34)10-12-24)31-30(19-28)36-32(35-31)25-15-13-23(14-16-25)22-5-2-1-3-6-22/h1-19H. The molecule has 5 aromatic carbocycles. The van der Waals surface area contributed by atoms with Crippen molar-refractivity contribution in [2.75, 3.05) is 0 Å². The molecule has 6 aromatic rings. The zero-order valence-corrected chi connectivity index (χ0v) is 19.9. The molecule has 0 aliphatic carbocycles. The van der Waals surface area contributed by atoms with Crippen molar-refractivity contribution in [1.29, 1.82) is 5.26 Å². The van der Waals surface area contributed by atoms with Crippen LogP contribution in [0.25, 0.3) is 55.9 Å². The molecule has 0 atom stereocenters. The van der Waals surface area contributed by atoms with Gasteiger partial charge in [-0.2, -0.15) is 5.26 Å². The lowest BCUT2D eigenvalue weighted by atomic mass is 9.98. The minimum atomic E-state index is 0.552. The summed E-state index contributed by atoms with van der Waals surface area (Å²) in [5.74, 6) is 0.552. The van der Waals surface area contributed by atoms with E-state index in [0.717, 1.165) is 44.5 Å². The Hall–Kier alpha value is -4.65. The third kappa shape index (κ3) is 4.15. The van der Waals surface area contributed by atoms with Gasteiger partial charge in [0.25, 0.3) is 0 Å². The SMILES string of the molecule is N#Cc1ccc(-c2cccc(-c3cc(Cl)cc4oc(-c5ccc(-c6ccccc6)cc5)nc34)c2)cc1. The van der Waals surface area contributed by atoms with Crippen molar-refractivity contribution in [2.45, 2.75) is 0 Å². The van der Waals surface area contributed by atoms with E-state index in [4.69, 9.17) is 26.3 Å². The molecule has 0 amide bonds. The first kappa shape index (κ1) is 21.9. The Labute approximate surface area is 213 Å². The van der Waals surface area contributed by atoms with E-state index in [-0.39, 0.29) is 0 Å². The fourth-order valence-corrected chi connectivity index (χ4v) is 4.59. The van der Waals surface area contributed by atoms with E-state index in [1.165, 1.54) is 0 Å². The second-order valence-electron chi connectivity index (χ2n) is 8.53. The molecule has 0 spiro atoms. The maximum absolute atomic E-state index is 9.09. The van der Waals surface area contributed by atoms with Crippen molar-refractivity contribution in [3.63, 3.8) is 0 Å². The summed E-state index contributed by atoms with van der Waals surface area (Å²) in [7, 11) is 0. The van der Waals surface area contributed by atoms with Gasteiger partial charge in [0, 0.05) is 22.2 Å². The van der Waals surface area contributed by atoms with Crippen molar-refractivity contribution in [3.05, 3.63) is 126 Å². The smallest absolute Gasteiger partial charge is 0.227 e. The van der Waals surface area contributed by atoms with Crippen molar-refractivity contribution in [3.8, 4) is 50.9 Å². The summed E-state index contributed by atoms with van der Waals surface area (Å²) in [5.41, 5.74) is 9.22. The number of hydrogen-bond donors (Lipinski definition) is 0. The van der Waals surface area contributed by atoms with Gasteiger partial charge in [-0.15, -0.1) is 0 Å². The summed E-state index contributed by atoms with van der Waals surface area (Å²) in [6.07, 6.45) is 0. The molecule has 0 bridgehead atoms. The molecule has 0 fully saturated rings. The average molecular weight is 483 g/mol. The Morgan fingerprint density at radius 1 is 0.611 bits per heavy atom. The molecule has 1 heterocycles. The molecule has 36 heavy (non-hydrogen) atoms. The van der Waals surface area contributed by atoms with Gasteiger partial charge >= 0.3 is 0 Å². The summed E-state index contributed by atoms with van der Waals surface area (Å²) in [4.78, 5) is 4.87. The highest BCUT2D eigenvalue weighted by molar-refractivity contribution is 6.31. The molecule has 1 aromatic heterocycles. The predicted octanol–water partition coefficient (Wildman–Crippen LogP) is 9.02. The fraction of sp³-hybridized carbons (Fsp3) is 0. The van der Waals surface area contributed by atoms with Crippen LogP contribution in [0.3, 0.4) is 0 Å². The van der Waals surface area contributed by atoms with Crippen LogP contribution >= 0.6 is 11.6 Å². The van der Waals surface area contributed by atoms with Crippen LogP contribution in [0, 0.1) is 11.3 Å². The number of aromatic nitrogens is 1. The summed E-state index contributed by atoms with van der Waals surface area (Å²) < 4.78 is 6.16. The minimum absolute atomic E-state index is 0.552. The van der Waals surface area contributed by atoms with Gasteiger partial charge in [0.05, 0.1) is 11.6 Å². The average Bonchev–Trinajstić information content (AvgIpc) is 3.37. The fourth-order valence-electron chi connectivity index (χ4n) is 4.38. The minimum Gasteiger partial charge on any atom is -0.436 e. The maximum atomic E-state index is 9.09. The van der Waals surface area contributed by atoms with Gasteiger partial charge in [0.15, 0.2) is 5.58 Å². The first-order valence-electron chi connectivity index (χ1n) is 11.5. The zero-order valence-electron chi connectivity index (χ0n) is 19.2. The molecule has 0 N–H and O–H groups in total. The van der Waals surface area contributed by atoms with Crippen molar-refractivity contribution < 1.29 is 4.42 Å². The molecule has 0 saturated heterocycles. The highest BCUT2D eigenvalue weighted by Crippen LogP contribution is 2.36. The topological polar surface area (TPSA) is 49.8 Å². The van der Waals surface area contributed by atoms with E-state index in [9.17, 15) is 0 Å². The summed E-state index contributed by atoms with van der Waals surface area (Å²) >= 11 is 6.49. The third-order valence-corrected chi connectivity index (χ3v) is 6.44. The van der Waals surface area contributed by atoms with Crippen LogP contribution in [0.2, 0.25) is 5.02 Å². The van der Waals surface area contributed by atoms with Crippen LogP contribution in [-0.2, 0) is 0 Å². The van der Waals surface area contributed by atoms with Crippen LogP contribution in [0.4, 0.5) is 0 Å². The molecule has 0 aliphatic heterocycles. The van der Waals surface area contributed by atoms with Crippen LogP contribution in [0.5, 0.6) is 0 Å². The predicted molar refractivity (Wildman–Crippen MR) is 145 cm³/mol. The highest BCUT2D eigenvalue weighted by Gasteiger charge is 2.15. The second-order valence-corrected chi connectivity index (χ2v) is 8.97. The lowest BCUT2D eigenvalue weighted by Crippen LogP contribution is -1.85. The highest BCUT2D eigenvalue weighted by atomic mass is 35.5. The van der Waals surface area contributed by atoms with Crippen LogP contribution in [-0.4, -0.2) is 4.98 Å². The monoisotopic (exact) mass is 482 g/mol. The van der Waals surface area contributed by atoms with Gasteiger partial charge in [-0.05, 0) is 64.2 Å². The molecule has 0 saturated carbocycles. The van der Waals surface area contributed by atoms with E-state index < -0.39 is 0 Å². The van der Waals surface area contributed by atoms with Crippen LogP contribution in [0.15, 0.2) is 120 Å². The third-order valence-electron chi connectivity index (χ3n) is 6.22. The molecule has 4 heteroatoms. The van der Waals surface area contributed by atoms with E-state index in [1.54, 1.807) is 6.07 Å². The molecular formula is C32H19ClN2O. The number of fused-ring (bicyclic) bond motifs is 1. The molecule has 0 aliphatic rings. The molecule has 0 radical (unpaired) electrons. The summed E-state index contributed by atoms with van der Waals surface area (Å²) in [5, 5.41) is 9.68. The summed E-state index contributed by atoms with van der Waals surface area (Å²) in [6.45, 7) is 0. The molecule has 6 rings (SSSR count). The number of benzene rings is 5. The van der Waals surface area contributed by atoms with Crippen molar-refractivity contribution >= 4 is 22.7 Å². The van der Waals surface area contributed by atoms with Gasteiger partial charge in [0.1, 0.15) is 5.52 Å². The largest absolute Gasteiger partial charge is 0.436 e. The second kappa shape index (κ2) is 9.19. The van der Waals surface area contributed by atoms with Crippen LogP contribution < -0.4 is 0 Å². The molecule has 170 valence electrons. The van der Waals surface area contributed by atoms with E-state index in [2.05, 4.69) is 42.5 Å². The lowest BCUT2D eigenvalue weighted by Gasteiger charge is -2.07. The number of oxazole rings is 1. The molecule has 0 unspecified atom stereocenters. The first-order chi connectivity index (χ1) is 17.7. The quantitative estimate of drug-likeness (QED) is 0.252. The molecule has 3 nitrogen and oxygen atoms in total. The number of rotatable bonds is 4. The van der Waals surface area contributed by atoms with Gasteiger partial charge in [-0.1, -0.05) is 84.4 Å². The summed E-state index contributed by atoms with van der Waals surface area (Å²) in [6, 6.07) is 40.1. The Morgan fingerprint density at radius 2 is 1.22 bits per heavy atom. The van der Waals surface area contributed by atoms with E-state index in [1.807, 2.05) is 72.8 Å². The van der Waals surface area contributed by atoms with Crippen molar-refractivity contribution in [2.24, 2.45) is 0 Å². The van der Waals surface area contributed by atoms with E-state index in [0.29, 0.717) is 22.1 Å². The van der Waals surface area contributed by atoms with E-state index >= 15 is 0 Å². The number of halogens is 1. The Bertz CT molecular complexity index is 1730. The Morgan fingerprint density at radius 3 is 1.97 bits per heavy atom. The van der Waals surface area contributed by atoms with Crippen molar-refractivity contribution in [1.82, 2.24) is 4.98 Å². The number of hydrogen-bond acceptors (Lipinski definition) is 3. The maximum Gasteiger partial charge on any atom is 0.227 e. The Kier molecular flexibility index (Phi) is 5.58. The lowest BCUT2D eigenvalue weighted by molar-refractivity contribution is 0.620. The Balaban J connectivity index is 1.40. The zero-order chi connectivity index (χ0) is 24.5. The van der Waals surface area contributed by atoms with Gasteiger partial charge < -0.3 is 4.42 Å². The first-order valence-corrected chi connectivity index (χ1v) is 11.9. The van der Waals surface area contributed by atoms with Gasteiger partial charge in [-0.3, -0.25) is 0 Å². The number of nitrogens with zero attached hydrogens (tertiary/aromatic N) is 2. The van der Waals surface area contributed by atoms with Crippen LogP contribution in [0.1, 0.15) is 5.56 Å². The number of nitriles is 1. The normalized spacial score (nSPS) is 10.9. The molecular weight excluding hydrogens is 464 g/mol. The van der Waals surface area contributed by atoms with Gasteiger partial charge in [-0.25, -0.2) is 4.98 Å². The van der Waals surface area contributed by atoms with Gasteiger partial charge in [0.2, 0.25) is 5.89 Å².